The zero-order valence-corrected chi connectivity index (χ0v) is 14.7. The highest BCUT2D eigenvalue weighted by molar-refractivity contribution is 7.99. The van der Waals surface area contributed by atoms with Crippen LogP contribution < -0.4 is 9.64 Å². The van der Waals surface area contributed by atoms with Gasteiger partial charge in [0.15, 0.2) is 0 Å². The molecule has 1 amide bonds. The maximum absolute atomic E-state index is 12.3. The molecule has 8 heteroatoms. The minimum atomic E-state index is 0.136. The number of piperazine rings is 1. The molecule has 1 aliphatic heterocycles. The van der Waals surface area contributed by atoms with Crippen molar-refractivity contribution in [2.24, 2.45) is 0 Å². The Morgan fingerprint density at radius 3 is 2.54 bits per heavy atom. The molecule has 0 atom stereocenters. The van der Waals surface area contributed by atoms with Crippen molar-refractivity contribution in [2.75, 3.05) is 43.9 Å². The molecule has 2 aromatic rings. The van der Waals surface area contributed by atoms with Gasteiger partial charge >= 0.3 is 0 Å². The van der Waals surface area contributed by atoms with Crippen LogP contribution in [-0.4, -0.2) is 65.0 Å². The van der Waals surface area contributed by atoms with E-state index < -0.39 is 0 Å². The van der Waals surface area contributed by atoms with E-state index in [4.69, 9.17) is 4.74 Å². The smallest absolute Gasteiger partial charge is 0.233 e. The Morgan fingerprint density at radius 2 is 1.96 bits per heavy atom. The second-order valence-corrected chi connectivity index (χ2v) is 6.50. The van der Waals surface area contributed by atoms with E-state index >= 15 is 0 Å². The number of H-pyrrole nitrogens is 1. The Kier molecular flexibility index (Phi) is 5.24. The molecule has 128 valence electrons. The molecule has 1 N–H and O–H groups in total. The number of benzene rings is 1. The summed E-state index contributed by atoms with van der Waals surface area (Å²) in [5.41, 5.74) is 1.16. The predicted octanol–water partition coefficient (Wildman–Crippen LogP) is 1.56. The van der Waals surface area contributed by atoms with Gasteiger partial charge in [0.2, 0.25) is 11.1 Å². The van der Waals surface area contributed by atoms with E-state index in [1.54, 1.807) is 7.11 Å². The first-order chi connectivity index (χ1) is 11.7. The molecule has 0 saturated carbocycles. The largest absolute Gasteiger partial charge is 0.497 e. The molecular weight excluding hydrogens is 326 g/mol. The van der Waals surface area contributed by atoms with Crippen molar-refractivity contribution in [1.29, 1.82) is 0 Å². The van der Waals surface area contributed by atoms with Gasteiger partial charge in [-0.1, -0.05) is 11.8 Å². The normalized spacial score (nSPS) is 14.8. The number of anilines is 1. The molecule has 0 unspecified atom stereocenters. The Hall–Kier alpha value is -2.22. The zero-order valence-electron chi connectivity index (χ0n) is 13.9. The first kappa shape index (κ1) is 16.6. The summed E-state index contributed by atoms with van der Waals surface area (Å²) in [6.07, 6.45) is 0. The lowest BCUT2D eigenvalue weighted by atomic mass is 10.2. The highest BCUT2D eigenvalue weighted by Gasteiger charge is 2.21. The second kappa shape index (κ2) is 7.57. The number of amides is 1. The third-order valence-corrected chi connectivity index (χ3v) is 4.80. The van der Waals surface area contributed by atoms with Gasteiger partial charge in [0.05, 0.1) is 12.9 Å². The number of carbonyl (C=O) groups excluding carboxylic acids is 1. The molecule has 1 aliphatic rings. The van der Waals surface area contributed by atoms with Crippen LogP contribution in [0.15, 0.2) is 29.4 Å². The van der Waals surface area contributed by atoms with E-state index in [-0.39, 0.29) is 5.91 Å². The third kappa shape index (κ3) is 4.00. The number of rotatable bonds is 5. The fraction of sp³-hybridized carbons (Fsp3) is 0.438. The maximum atomic E-state index is 12.3. The van der Waals surface area contributed by atoms with Crippen LogP contribution in [0.1, 0.15) is 5.82 Å². The number of carbonyl (C=O) groups is 1. The number of nitrogens with zero attached hydrogens (tertiary/aromatic N) is 4. The van der Waals surface area contributed by atoms with Crippen LogP contribution in [0.4, 0.5) is 5.69 Å². The summed E-state index contributed by atoms with van der Waals surface area (Å²) >= 11 is 1.37. The van der Waals surface area contributed by atoms with Crippen LogP contribution in [0.25, 0.3) is 0 Å². The molecule has 1 fully saturated rings. The van der Waals surface area contributed by atoms with Crippen molar-refractivity contribution in [3.05, 3.63) is 30.1 Å². The molecule has 0 bridgehead atoms. The third-order valence-electron chi connectivity index (χ3n) is 3.97. The van der Waals surface area contributed by atoms with Gasteiger partial charge < -0.3 is 14.5 Å². The van der Waals surface area contributed by atoms with E-state index in [1.165, 1.54) is 11.8 Å². The molecule has 2 heterocycles. The number of ether oxygens (including phenoxy) is 1. The van der Waals surface area contributed by atoms with Crippen LogP contribution in [0, 0.1) is 6.92 Å². The standard InChI is InChI=1S/C16H21N5O2S/c1-12-17-16(19-18-12)24-11-15(22)21-9-7-20(8-10-21)13-3-5-14(23-2)6-4-13/h3-6H,7-11H2,1-2H3,(H,17,18,19). The van der Waals surface area contributed by atoms with Gasteiger partial charge in [-0.25, -0.2) is 4.98 Å². The average molecular weight is 347 g/mol. The number of nitrogens with one attached hydrogen (secondary N) is 1. The lowest BCUT2D eigenvalue weighted by Gasteiger charge is -2.36. The minimum absolute atomic E-state index is 0.136. The van der Waals surface area contributed by atoms with Crippen molar-refractivity contribution >= 4 is 23.4 Å². The first-order valence-electron chi connectivity index (χ1n) is 7.84. The van der Waals surface area contributed by atoms with Gasteiger partial charge in [0.1, 0.15) is 11.6 Å². The van der Waals surface area contributed by atoms with E-state index in [2.05, 4.69) is 32.2 Å². The average Bonchev–Trinajstić information content (AvgIpc) is 3.05. The first-order valence-corrected chi connectivity index (χ1v) is 8.83. The van der Waals surface area contributed by atoms with E-state index in [1.807, 2.05) is 24.0 Å². The van der Waals surface area contributed by atoms with Gasteiger partial charge in [0, 0.05) is 31.9 Å². The molecule has 1 aromatic heterocycles. The number of hydrogen-bond donors (Lipinski definition) is 1. The zero-order chi connectivity index (χ0) is 16.9. The summed E-state index contributed by atoms with van der Waals surface area (Å²) < 4.78 is 5.18. The van der Waals surface area contributed by atoms with E-state index in [0.29, 0.717) is 10.9 Å². The molecule has 3 rings (SSSR count). The summed E-state index contributed by atoms with van der Waals surface area (Å²) in [7, 11) is 1.66. The Balaban J connectivity index is 1.47. The van der Waals surface area contributed by atoms with Gasteiger partial charge in [-0.15, -0.1) is 5.10 Å². The number of methoxy groups -OCH3 is 1. The lowest BCUT2D eigenvalue weighted by molar-refractivity contribution is -0.128. The second-order valence-electron chi connectivity index (χ2n) is 5.56. The van der Waals surface area contributed by atoms with E-state index in [0.717, 1.165) is 43.4 Å². The van der Waals surface area contributed by atoms with Gasteiger partial charge in [0.25, 0.3) is 0 Å². The van der Waals surface area contributed by atoms with Crippen molar-refractivity contribution in [1.82, 2.24) is 20.1 Å². The van der Waals surface area contributed by atoms with Crippen LogP contribution in [-0.2, 0) is 4.79 Å². The molecule has 7 nitrogen and oxygen atoms in total. The number of thioether (sulfide) groups is 1. The lowest BCUT2D eigenvalue weighted by Crippen LogP contribution is -2.49. The van der Waals surface area contributed by atoms with Crippen LogP contribution >= 0.6 is 11.8 Å². The van der Waals surface area contributed by atoms with Crippen LogP contribution in [0.5, 0.6) is 5.75 Å². The van der Waals surface area contributed by atoms with Gasteiger partial charge in [-0.05, 0) is 31.2 Å². The Morgan fingerprint density at radius 1 is 1.25 bits per heavy atom. The van der Waals surface area contributed by atoms with Crippen molar-refractivity contribution < 1.29 is 9.53 Å². The number of hydrogen-bond acceptors (Lipinski definition) is 6. The minimum Gasteiger partial charge on any atom is -0.497 e. The summed E-state index contributed by atoms with van der Waals surface area (Å²) in [5, 5.41) is 7.44. The topological polar surface area (TPSA) is 74.3 Å². The van der Waals surface area contributed by atoms with Gasteiger partial charge in [-0.3, -0.25) is 9.89 Å². The fourth-order valence-corrected chi connectivity index (χ4v) is 3.36. The molecule has 24 heavy (non-hydrogen) atoms. The number of aromatic amines is 1. The highest BCUT2D eigenvalue weighted by atomic mass is 32.2. The molecule has 1 saturated heterocycles. The summed E-state index contributed by atoms with van der Waals surface area (Å²) in [6.45, 7) is 4.99. The number of aryl methyl sites for hydroxylation is 1. The maximum Gasteiger partial charge on any atom is 0.233 e. The number of aromatic nitrogens is 3. The van der Waals surface area contributed by atoms with Crippen molar-refractivity contribution in [3.63, 3.8) is 0 Å². The Labute approximate surface area is 145 Å². The summed E-state index contributed by atoms with van der Waals surface area (Å²) in [5.74, 6) is 2.13. The molecular formula is C16H21N5O2S. The molecule has 0 spiro atoms. The van der Waals surface area contributed by atoms with Crippen molar-refractivity contribution in [2.45, 2.75) is 12.1 Å². The van der Waals surface area contributed by atoms with Gasteiger partial charge in [-0.2, -0.15) is 0 Å². The molecule has 0 aliphatic carbocycles. The van der Waals surface area contributed by atoms with Crippen molar-refractivity contribution in [3.8, 4) is 5.75 Å². The monoisotopic (exact) mass is 347 g/mol. The van der Waals surface area contributed by atoms with E-state index in [9.17, 15) is 4.79 Å². The van der Waals surface area contributed by atoms with Crippen LogP contribution in [0.3, 0.4) is 0 Å². The Bertz CT molecular complexity index is 680. The SMILES string of the molecule is COc1ccc(N2CCN(C(=O)CSc3n[nH]c(C)n3)CC2)cc1. The van der Waals surface area contributed by atoms with Crippen LogP contribution in [0.2, 0.25) is 0 Å². The quantitative estimate of drug-likeness (QED) is 0.828. The predicted molar refractivity (Wildman–Crippen MR) is 93.6 cm³/mol. The fourth-order valence-electron chi connectivity index (χ4n) is 2.61. The summed E-state index contributed by atoms with van der Waals surface area (Å²) in [4.78, 5) is 20.7. The molecule has 0 radical (unpaired) electrons. The highest BCUT2D eigenvalue weighted by Crippen LogP contribution is 2.21. The molecule has 1 aromatic carbocycles. The summed E-state index contributed by atoms with van der Waals surface area (Å²) in [6, 6.07) is 8.03.